The van der Waals surface area contributed by atoms with E-state index in [4.69, 9.17) is 9.41 Å². The van der Waals surface area contributed by atoms with Gasteiger partial charge >= 0.3 is 0 Å². The Balaban J connectivity index is 0.00000240. The number of hydrogen-bond donors (Lipinski definition) is 1. The lowest BCUT2D eigenvalue weighted by Gasteiger charge is -2.36. The van der Waals surface area contributed by atoms with Gasteiger partial charge in [0.2, 0.25) is 0 Å². The second-order valence-electron chi connectivity index (χ2n) is 7.07. The van der Waals surface area contributed by atoms with Crippen molar-refractivity contribution in [1.29, 1.82) is 0 Å². The smallest absolute Gasteiger partial charge is 0.289 e. The van der Waals surface area contributed by atoms with Gasteiger partial charge in [0.1, 0.15) is 12.4 Å². The second kappa shape index (κ2) is 10.1. The normalized spacial score (nSPS) is 16.9. The highest BCUT2D eigenvalue weighted by Crippen LogP contribution is 2.15. The first kappa shape index (κ1) is 21.6. The summed E-state index contributed by atoms with van der Waals surface area (Å²) in [5.41, 5.74) is 0. The van der Waals surface area contributed by atoms with Crippen LogP contribution >= 0.6 is 24.0 Å². The third-order valence-corrected chi connectivity index (χ3v) is 5.24. The van der Waals surface area contributed by atoms with Crippen molar-refractivity contribution >= 4 is 35.8 Å². The standard InChI is InChI=1S/C19H27N7O2.HI/c1-2-20-19(21-14-17-23-22-16-7-3-4-8-26(16)17)25-11-9-24(10-12-25)18(27)15-6-5-13-28-15;/h5-6,13H,2-4,7-12,14H2,1H3,(H,20,21);1H. The molecule has 2 aromatic rings. The van der Waals surface area contributed by atoms with Crippen LogP contribution in [0.3, 0.4) is 0 Å². The van der Waals surface area contributed by atoms with E-state index in [1.165, 1.54) is 19.1 Å². The van der Waals surface area contributed by atoms with E-state index in [9.17, 15) is 4.79 Å². The predicted molar refractivity (Wildman–Crippen MR) is 119 cm³/mol. The number of hydrogen-bond acceptors (Lipinski definition) is 5. The highest BCUT2D eigenvalue weighted by atomic mass is 127. The van der Waals surface area contributed by atoms with E-state index in [1.807, 2.05) is 4.90 Å². The van der Waals surface area contributed by atoms with Crippen LogP contribution < -0.4 is 5.32 Å². The number of fused-ring (bicyclic) bond motifs is 1. The number of guanidine groups is 1. The molecule has 2 aliphatic heterocycles. The van der Waals surface area contributed by atoms with Crippen LogP contribution in [0.15, 0.2) is 27.8 Å². The van der Waals surface area contributed by atoms with Gasteiger partial charge in [0.05, 0.1) is 6.26 Å². The molecule has 1 saturated heterocycles. The molecule has 4 heterocycles. The molecular formula is C19H28IN7O2. The largest absolute Gasteiger partial charge is 0.459 e. The number of nitrogens with one attached hydrogen (secondary N) is 1. The van der Waals surface area contributed by atoms with E-state index in [-0.39, 0.29) is 29.9 Å². The number of rotatable bonds is 4. The van der Waals surface area contributed by atoms with Gasteiger partial charge in [-0.3, -0.25) is 4.79 Å². The van der Waals surface area contributed by atoms with Crippen LogP contribution in [0.25, 0.3) is 0 Å². The summed E-state index contributed by atoms with van der Waals surface area (Å²) < 4.78 is 7.44. The van der Waals surface area contributed by atoms with E-state index in [0.29, 0.717) is 25.4 Å². The zero-order chi connectivity index (χ0) is 19.3. The first-order chi connectivity index (χ1) is 13.8. The highest BCUT2D eigenvalue weighted by Gasteiger charge is 2.25. The van der Waals surface area contributed by atoms with Gasteiger partial charge in [-0.1, -0.05) is 0 Å². The fraction of sp³-hybridized carbons (Fsp3) is 0.579. The Labute approximate surface area is 187 Å². The Morgan fingerprint density at radius 3 is 2.69 bits per heavy atom. The van der Waals surface area contributed by atoms with Crippen LogP contribution in [-0.2, 0) is 19.5 Å². The molecule has 0 aliphatic carbocycles. The molecule has 0 saturated carbocycles. The Bertz CT molecular complexity index is 826. The van der Waals surface area contributed by atoms with Gasteiger partial charge < -0.3 is 24.1 Å². The minimum Gasteiger partial charge on any atom is -0.459 e. The van der Waals surface area contributed by atoms with Crippen molar-refractivity contribution in [2.75, 3.05) is 32.7 Å². The third kappa shape index (κ3) is 4.90. The van der Waals surface area contributed by atoms with Gasteiger partial charge in [0.15, 0.2) is 17.5 Å². The average Bonchev–Trinajstić information content (AvgIpc) is 3.41. The first-order valence-electron chi connectivity index (χ1n) is 10.0. The summed E-state index contributed by atoms with van der Waals surface area (Å²) in [5, 5.41) is 12.0. The maximum atomic E-state index is 12.4. The van der Waals surface area contributed by atoms with Crippen LogP contribution in [0.4, 0.5) is 0 Å². The molecule has 10 heteroatoms. The Morgan fingerprint density at radius 2 is 1.97 bits per heavy atom. The average molecular weight is 513 g/mol. The summed E-state index contributed by atoms with van der Waals surface area (Å²) in [6.45, 7) is 7.10. The summed E-state index contributed by atoms with van der Waals surface area (Å²) >= 11 is 0. The fourth-order valence-electron chi connectivity index (χ4n) is 3.73. The molecule has 29 heavy (non-hydrogen) atoms. The summed E-state index contributed by atoms with van der Waals surface area (Å²) in [6, 6.07) is 3.45. The van der Waals surface area contributed by atoms with Crippen LogP contribution in [-0.4, -0.2) is 69.2 Å². The first-order valence-corrected chi connectivity index (χ1v) is 10.0. The molecule has 2 aliphatic rings. The lowest BCUT2D eigenvalue weighted by molar-refractivity contribution is 0.0657. The molecular weight excluding hydrogens is 485 g/mol. The van der Waals surface area contributed by atoms with Crippen LogP contribution in [0, 0.1) is 0 Å². The van der Waals surface area contributed by atoms with E-state index < -0.39 is 0 Å². The third-order valence-electron chi connectivity index (χ3n) is 5.24. The molecule has 2 aromatic heterocycles. The lowest BCUT2D eigenvalue weighted by atomic mass is 10.2. The molecule has 158 valence electrons. The molecule has 9 nitrogen and oxygen atoms in total. The summed E-state index contributed by atoms with van der Waals surface area (Å²) in [6.07, 6.45) is 4.89. The van der Waals surface area contributed by atoms with Crippen molar-refractivity contribution in [2.45, 2.75) is 39.3 Å². The quantitative estimate of drug-likeness (QED) is 0.381. The van der Waals surface area contributed by atoms with E-state index in [0.717, 1.165) is 50.2 Å². The maximum Gasteiger partial charge on any atom is 0.289 e. The SMILES string of the molecule is CCNC(=NCc1nnc2n1CCCC2)N1CCN(C(=O)c2ccco2)CC1.I. The van der Waals surface area contributed by atoms with Crippen molar-refractivity contribution in [3.63, 3.8) is 0 Å². The van der Waals surface area contributed by atoms with Crippen molar-refractivity contribution in [3.8, 4) is 0 Å². The van der Waals surface area contributed by atoms with Gasteiger partial charge in [0.25, 0.3) is 5.91 Å². The van der Waals surface area contributed by atoms with Crippen molar-refractivity contribution < 1.29 is 9.21 Å². The number of amides is 1. The fourth-order valence-corrected chi connectivity index (χ4v) is 3.73. The monoisotopic (exact) mass is 513 g/mol. The number of halogens is 1. The molecule has 1 N–H and O–H groups in total. The Morgan fingerprint density at radius 1 is 1.17 bits per heavy atom. The number of piperazine rings is 1. The van der Waals surface area contributed by atoms with Crippen LogP contribution in [0.2, 0.25) is 0 Å². The molecule has 0 radical (unpaired) electrons. The molecule has 4 rings (SSSR count). The molecule has 1 amide bonds. The molecule has 1 fully saturated rings. The summed E-state index contributed by atoms with van der Waals surface area (Å²) in [7, 11) is 0. The maximum absolute atomic E-state index is 12.4. The molecule has 0 atom stereocenters. The van der Waals surface area contributed by atoms with Gasteiger partial charge in [-0.15, -0.1) is 34.2 Å². The van der Waals surface area contributed by atoms with E-state index >= 15 is 0 Å². The van der Waals surface area contributed by atoms with Crippen molar-refractivity contribution in [1.82, 2.24) is 29.9 Å². The highest BCUT2D eigenvalue weighted by molar-refractivity contribution is 14.0. The Hall–Kier alpha value is -2.11. The zero-order valence-electron chi connectivity index (χ0n) is 16.7. The van der Waals surface area contributed by atoms with E-state index in [1.54, 1.807) is 12.1 Å². The number of carbonyl (C=O) groups excluding carboxylic acids is 1. The van der Waals surface area contributed by atoms with Crippen molar-refractivity contribution in [3.05, 3.63) is 35.8 Å². The molecule has 0 spiro atoms. The minimum atomic E-state index is -0.0540. The number of aliphatic imine (C=N–C) groups is 1. The zero-order valence-corrected chi connectivity index (χ0v) is 19.0. The van der Waals surface area contributed by atoms with Crippen molar-refractivity contribution in [2.24, 2.45) is 4.99 Å². The minimum absolute atomic E-state index is 0. The van der Waals surface area contributed by atoms with E-state index in [2.05, 4.69) is 31.9 Å². The summed E-state index contributed by atoms with van der Waals surface area (Å²) in [5.74, 6) is 3.20. The van der Waals surface area contributed by atoms with Gasteiger partial charge in [-0.2, -0.15) is 0 Å². The Kier molecular flexibility index (Phi) is 7.51. The second-order valence-corrected chi connectivity index (χ2v) is 7.07. The lowest BCUT2D eigenvalue weighted by Crippen LogP contribution is -2.53. The summed E-state index contributed by atoms with van der Waals surface area (Å²) in [4.78, 5) is 21.2. The number of furan rings is 1. The number of carbonyl (C=O) groups is 1. The predicted octanol–water partition coefficient (Wildman–Crippen LogP) is 1.75. The number of aromatic nitrogens is 3. The molecule has 0 unspecified atom stereocenters. The molecule has 0 bridgehead atoms. The van der Waals surface area contributed by atoms with Crippen LogP contribution in [0.1, 0.15) is 42.0 Å². The topological polar surface area (TPSA) is 91.8 Å². The van der Waals surface area contributed by atoms with Gasteiger partial charge in [-0.25, -0.2) is 4.99 Å². The van der Waals surface area contributed by atoms with Crippen LogP contribution in [0.5, 0.6) is 0 Å². The van der Waals surface area contributed by atoms with Gasteiger partial charge in [0, 0.05) is 45.7 Å². The number of aryl methyl sites for hydroxylation is 1. The number of nitrogens with zero attached hydrogens (tertiary/aromatic N) is 6. The van der Waals surface area contributed by atoms with Gasteiger partial charge in [-0.05, 0) is 31.9 Å². The molecule has 0 aromatic carbocycles.